The molecule has 4 heterocycles. The van der Waals surface area contributed by atoms with E-state index >= 15 is 0 Å². The number of aromatic hydroxyl groups is 1. The maximum Gasteiger partial charge on any atom is 0.264 e. The Labute approximate surface area is 280 Å². The molecule has 0 unspecified atom stereocenters. The van der Waals surface area contributed by atoms with Crippen molar-refractivity contribution in [2.45, 2.75) is 25.9 Å². The molecule has 1 fully saturated rings. The topological polar surface area (TPSA) is 96.1 Å². The molecule has 0 spiro atoms. The van der Waals surface area contributed by atoms with Crippen LogP contribution in [-0.4, -0.2) is 80.0 Å². The van der Waals surface area contributed by atoms with Gasteiger partial charge in [0.15, 0.2) is 0 Å². The minimum absolute atomic E-state index is 0.0178. The van der Waals surface area contributed by atoms with Gasteiger partial charge in [0.2, 0.25) is 0 Å². The van der Waals surface area contributed by atoms with Gasteiger partial charge < -0.3 is 19.3 Å². The van der Waals surface area contributed by atoms with Crippen LogP contribution in [0.2, 0.25) is 0 Å². The zero-order valence-electron chi connectivity index (χ0n) is 27.5. The Morgan fingerprint density at radius 1 is 0.917 bits per heavy atom. The molecule has 246 valence electrons. The second-order valence-corrected chi connectivity index (χ2v) is 12.6. The largest absolute Gasteiger partial charge is 0.508 e. The Hall–Kier alpha value is -5.19. The second kappa shape index (κ2) is 13.1. The summed E-state index contributed by atoms with van der Waals surface area (Å²) in [5.41, 5.74) is 7.09. The van der Waals surface area contributed by atoms with Crippen LogP contribution in [0.1, 0.15) is 37.5 Å². The van der Waals surface area contributed by atoms with Crippen molar-refractivity contribution < 1.29 is 19.4 Å². The minimum atomic E-state index is -0.241. The molecular weight excluding hydrogens is 604 g/mol. The highest BCUT2D eigenvalue weighted by atomic mass is 16.5. The number of ether oxygens (including phenoxy) is 1. The molecule has 1 atom stereocenters. The van der Waals surface area contributed by atoms with E-state index in [-0.39, 0.29) is 23.6 Å². The highest BCUT2D eigenvalue weighted by Crippen LogP contribution is 2.35. The van der Waals surface area contributed by atoms with E-state index in [0.29, 0.717) is 42.3 Å². The fourth-order valence-corrected chi connectivity index (χ4v) is 6.92. The number of morpholine rings is 1. The van der Waals surface area contributed by atoms with Crippen LogP contribution in [0.4, 0.5) is 11.4 Å². The van der Waals surface area contributed by atoms with Gasteiger partial charge in [0, 0.05) is 80.7 Å². The van der Waals surface area contributed by atoms with E-state index in [2.05, 4.69) is 28.2 Å². The third-order valence-corrected chi connectivity index (χ3v) is 9.65. The number of carbonyl (C=O) groups excluding carboxylic acids is 2. The van der Waals surface area contributed by atoms with Crippen molar-refractivity contribution >= 4 is 23.2 Å². The van der Waals surface area contributed by atoms with Crippen LogP contribution in [0.15, 0.2) is 91.3 Å². The Kier molecular flexibility index (Phi) is 8.60. The van der Waals surface area contributed by atoms with Crippen molar-refractivity contribution in [1.82, 2.24) is 24.1 Å². The first-order valence-electron chi connectivity index (χ1n) is 16.3. The summed E-state index contributed by atoms with van der Waals surface area (Å²) in [4.78, 5) is 35.1. The number of phenols is 1. The van der Waals surface area contributed by atoms with Gasteiger partial charge in [-0.2, -0.15) is 5.10 Å². The van der Waals surface area contributed by atoms with Crippen molar-refractivity contribution in [1.29, 1.82) is 0 Å². The van der Waals surface area contributed by atoms with Crippen molar-refractivity contribution in [3.63, 3.8) is 0 Å². The molecule has 7 rings (SSSR count). The maximum absolute atomic E-state index is 14.7. The van der Waals surface area contributed by atoms with Gasteiger partial charge in [0.1, 0.15) is 5.75 Å². The molecule has 10 heteroatoms. The number of anilines is 2. The molecule has 5 aromatic rings. The summed E-state index contributed by atoms with van der Waals surface area (Å²) in [5.74, 6) is -0.151. The van der Waals surface area contributed by atoms with E-state index in [4.69, 9.17) is 4.74 Å². The molecule has 3 aromatic carbocycles. The predicted molar refractivity (Wildman–Crippen MR) is 184 cm³/mol. The molecule has 2 amide bonds. The van der Waals surface area contributed by atoms with Gasteiger partial charge in [-0.05, 0) is 60.9 Å². The van der Waals surface area contributed by atoms with E-state index in [1.165, 1.54) is 11.1 Å². The number of hydrogen-bond acceptors (Lipinski definition) is 6. The first kappa shape index (κ1) is 31.4. The predicted octanol–water partition coefficient (Wildman–Crippen LogP) is 5.32. The molecule has 48 heavy (non-hydrogen) atoms. The molecule has 0 radical (unpaired) electrons. The minimum Gasteiger partial charge on any atom is -0.508 e. The third kappa shape index (κ3) is 6.00. The number of aryl methyl sites for hydroxylation is 1. The summed E-state index contributed by atoms with van der Waals surface area (Å²) in [7, 11) is 3.73. The quantitative estimate of drug-likeness (QED) is 0.258. The van der Waals surface area contributed by atoms with Crippen molar-refractivity contribution in [3.05, 3.63) is 119 Å². The number of phenolic OH excluding ortho intramolecular Hbond substituents is 1. The van der Waals surface area contributed by atoms with Gasteiger partial charge in [-0.15, -0.1) is 0 Å². The van der Waals surface area contributed by atoms with E-state index in [0.717, 1.165) is 43.0 Å². The second-order valence-electron chi connectivity index (χ2n) is 12.6. The summed E-state index contributed by atoms with van der Waals surface area (Å²) in [5, 5.41) is 14.2. The van der Waals surface area contributed by atoms with E-state index < -0.39 is 0 Å². The van der Waals surface area contributed by atoms with Crippen LogP contribution in [0.25, 0.3) is 11.3 Å². The smallest absolute Gasteiger partial charge is 0.264 e. The normalized spacial score (nSPS) is 16.5. The molecule has 0 bridgehead atoms. The average Bonchev–Trinajstić information content (AvgIpc) is 3.67. The zero-order valence-corrected chi connectivity index (χ0v) is 27.5. The van der Waals surface area contributed by atoms with E-state index in [1.54, 1.807) is 53.3 Å². The molecule has 0 aliphatic carbocycles. The van der Waals surface area contributed by atoms with Gasteiger partial charge in [-0.25, -0.2) is 0 Å². The Morgan fingerprint density at radius 2 is 1.62 bits per heavy atom. The number of amides is 2. The lowest BCUT2D eigenvalue weighted by atomic mass is 9.92. The number of fused-ring (bicyclic) bond motifs is 1. The molecule has 2 aromatic heterocycles. The monoisotopic (exact) mass is 644 g/mol. The number of rotatable bonds is 7. The summed E-state index contributed by atoms with van der Waals surface area (Å²) < 4.78 is 9.22. The summed E-state index contributed by atoms with van der Waals surface area (Å²) in [6.45, 7) is 6.37. The number of hydrogen-bond donors (Lipinski definition) is 1. The standard InChI is InChI=1S/C38H40N6O4/c1-26-35(38(47)44(31-22-39-40(2)24-31)29-12-14-32(45)15-13-29)21-36(41(26)3)33-10-6-7-11-34(33)37(46)43-23-28-9-5-4-8-27(28)20-30(43)25-42-16-18-48-19-17-42/h4-15,21-22,24,30,45H,16-20,23,25H2,1-3H3/t30-/m0/s1. The molecule has 10 nitrogen and oxygen atoms in total. The number of aromatic nitrogens is 3. The van der Waals surface area contributed by atoms with Gasteiger partial charge >= 0.3 is 0 Å². The van der Waals surface area contributed by atoms with Gasteiger partial charge in [0.05, 0.1) is 30.7 Å². The van der Waals surface area contributed by atoms with Crippen LogP contribution in [0.3, 0.4) is 0 Å². The van der Waals surface area contributed by atoms with Crippen LogP contribution >= 0.6 is 0 Å². The summed E-state index contributed by atoms with van der Waals surface area (Å²) in [6.07, 6.45) is 4.22. The van der Waals surface area contributed by atoms with Crippen LogP contribution in [0.5, 0.6) is 5.75 Å². The lowest BCUT2D eigenvalue weighted by Gasteiger charge is -2.40. The van der Waals surface area contributed by atoms with E-state index in [1.807, 2.05) is 59.8 Å². The number of benzene rings is 3. The van der Waals surface area contributed by atoms with E-state index in [9.17, 15) is 14.7 Å². The molecule has 2 aliphatic heterocycles. The van der Waals surface area contributed by atoms with Crippen molar-refractivity contribution in [2.75, 3.05) is 37.7 Å². The lowest BCUT2D eigenvalue weighted by molar-refractivity contribution is 0.0193. The molecular formula is C38H40N6O4. The third-order valence-electron chi connectivity index (χ3n) is 9.65. The van der Waals surface area contributed by atoms with Crippen LogP contribution < -0.4 is 4.90 Å². The first-order chi connectivity index (χ1) is 23.3. The van der Waals surface area contributed by atoms with Gasteiger partial charge in [-0.1, -0.05) is 42.5 Å². The Morgan fingerprint density at radius 3 is 2.35 bits per heavy atom. The first-order valence-corrected chi connectivity index (χ1v) is 16.3. The Balaban J connectivity index is 1.25. The highest BCUT2D eigenvalue weighted by Gasteiger charge is 2.34. The van der Waals surface area contributed by atoms with Crippen molar-refractivity contribution in [2.24, 2.45) is 14.1 Å². The SMILES string of the molecule is Cc1c(C(=O)N(c2ccc(O)cc2)c2cnn(C)c2)cc(-c2ccccc2C(=O)N2Cc3ccccc3C[C@H]2CN2CCOCC2)n1C. The van der Waals surface area contributed by atoms with Gasteiger partial charge in [0.25, 0.3) is 11.8 Å². The molecule has 1 saturated heterocycles. The maximum atomic E-state index is 14.7. The molecule has 2 aliphatic rings. The zero-order chi connectivity index (χ0) is 33.4. The van der Waals surface area contributed by atoms with Crippen molar-refractivity contribution in [3.8, 4) is 17.0 Å². The highest BCUT2D eigenvalue weighted by molar-refractivity contribution is 6.12. The number of carbonyl (C=O) groups is 2. The average molecular weight is 645 g/mol. The summed E-state index contributed by atoms with van der Waals surface area (Å²) in [6, 6.07) is 24.5. The lowest BCUT2D eigenvalue weighted by Crippen LogP contribution is -2.52. The molecule has 1 N–H and O–H groups in total. The van der Waals surface area contributed by atoms with Gasteiger partial charge in [-0.3, -0.25) is 24.1 Å². The summed E-state index contributed by atoms with van der Waals surface area (Å²) >= 11 is 0. The number of nitrogens with zero attached hydrogens (tertiary/aromatic N) is 6. The fraction of sp³-hybridized carbons (Fsp3) is 0.289. The van der Waals surface area contributed by atoms with Crippen LogP contribution in [-0.2, 0) is 31.8 Å². The fourth-order valence-electron chi connectivity index (χ4n) is 6.92. The Bertz CT molecular complexity index is 1960. The van der Waals surface area contributed by atoms with Crippen LogP contribution in [0, 0.1) is 6.92 Å². The molecule has 0 saturated carbocycles.